The second kappa shape index (κ2) is 7.60. The van der Waals surface area contributed by atoms with Crippen molar-refractivity contribution in [3.05, 3.63) is 81.4 Å². The number of benzene rings is 2. The highest BCUT2D eigenvalue weighted by Crippen LogP contribution is 2.28. The molecule has 2 heterocycles. The third kappa shape index (κ3) is 3.82. The number of aromatic nitrogens is 3. The number of hydrogen-bond donors (Lipinski definition) is 1. The predicted octanol–water partition coefficient (Wildman–Crippen LogP) is 5.83. The lowest BCUT2D eigenvalue weighted by molar-refractivity contribution is -0.384. The van der Waals surface area contributed by atoms with Gasteiger partial charge in [-0.2, -0.15) is 0 Å². The SMILES string of the molecule is CC(C)Cc1ccc(-c2cn3c(=S)ncc(-c4ccc([N+](=O)[O-])cc4)c3[nH]2)cc1. The largest absolute Gasteiger partial charge is 0.339 e. The summed E-state index contributed by atoms with van der Waals surface area (Å²) in [6.45, 7) is 4.42. The Morgan fingerprint density at radius 2 is 1.76 bits per heavy atom. The van der Waals surface area contributed by atoms with Crippen LogP contribution in [-0.4, -0.2) is 19.3 Å². The summed E-state index contributed by atoms with van der Waals surface area (Å²) in [4.78, 5) is 18.3. The second-order valence-corrected chi connectivity index (χ2v) is 7.80. The highest BCUT2D eigenvalue weighted by atomic mass is 32.1. The van der Waals surface area contributed by atoms with Gasteiger partial charge in [0.2, 0.25) is 4.77 Å². The van der Waals surface area contributed by atoms with E-state index in [-0.39, 0.29) is 5.69 Å². The van der Waals surface area contributed by atoms with E-state index in [0.29, 0.717) is 10.7 Å². The average molecular weight is 404 g/mol. The van der Waals surface area contributed by atoms with Gasteiger partial charge in [-0.1, -0.05) is 38.1 Å². The molecule has 0 aliphatic carbocycles. The normalized spacial score (nSPS) is 11.3. The van der Waals surface area contributed by atoms with Crippen LogP contribution in [0.25, 0.3) is 28.0 Å². The summed E-state index contributed by atoms with van der Waals surface area (Å²) in [6, 6.07) is 14.9. The molecule has 4 rings (SSSR count). The third-order valence-electron chi connectivity index (χ3n) is 4.82. The summed E-state index contributed by atoms with van der Waals surface area (Å²) in [5.41, 5.74) is 5.82. The smallest absolute Gasteiger partial charge is 0.269 e. The van der Waals surface area contributed by atoms with Gasteiger partial charge in [0.25, 0.3) is 5.69 Å². The van der Waals surface area contributed by atoms with E-state index in [9.17, 15) is 10.1 Å². The molecule has 0 saturated carbocycles. The number of rotatable bonds is 5. The van der Waals surface area contributed by atoms with Gasteiger partial charge < -0.3 is 4.98 Å². The standard InChI is InChI=1S/C22H20N4O2S/c1-14(2)11-15-3-5-17(6-4-15)20-13-25-21(24-20)19(12-23-22(25)29)16-7-9-18(10-8-16)26(27)28/h3-10,12-14,24H,11H2,1-2H3. The highest BCUT2D eigenvalue weighted by molar-refractivity contribution is 7.71. The van der Waals surface area contributed by atoms with E-state index in [4.69, 9.17) is 12.2 Å². The lowest BCUT2D eigenvalue weighted by Crippen LogP contribution is -1.93. The van der Waals surface area contributed by atoms with E-state index in [2.05, 4.69) is 48.1 Å². The lowest BCUT2D eigenvalue weighted by atomic mass is 10.0. The van der Waals surface area contributed by atoms with Crippen LogP contribution in [0, 0.1) is 20.8 Å². The van der Waals surface area contributed by atoms with Crippen LogP contribution in [0.15, 0.2) is 60.9 Å². The van der Waals surface area contributed by atoms with Crippen LogP contribution >= 0.6 is 12.2 Å². The molecule has 29 heavy (non-hydrogen) atoms. The molecule has 6 nitrogen and oxygen atoms in total. The first-order valence-corrected chi connectivity index (χ1v) is 9.77. The quantitative estimate of drug-likeness (QED) is 0.258. The Morgan fingerprint density at radius 3 is 2.38 bits per heavy atom. The summed E-state index contributed by atoms with van der Waals surface area (Å²) in [7, 11) is 0. The van der Waals surface area contributed by atoms with Gasteiger partial charge >= 0.3 is 0 Å². The van der Waals surface area contributed by atoms with Crippen molar-refractivity contribution in [3.8, 4) is 22.4 Å². The molecule has 0 bridgehead atoms. The van der Waals surface area contributed by atoms with Gasteiger partial charge in [-0.25, -0.2) is 4.98 Å². The number of fused-ring (bicyclic) bond motifs is 1. The van der Waals surface area contributed by atoms with Crippen molar-refractivity contribution in [3.63, 3.8) is 0 Å². The van der Waals surface area contributed by atoms with Crippen molar-refractivity contribution in [2.45, 2.75) is 20.3 Å². The van der Waals surface area contributed by atoms with Crippen molar-refractivity contribution >= 4 is 23.6 Å². The number of nitrogens with one attached hydrogen (secondary N) is 1. The Kier molecular flexibility index (Phi) is 4.98. The summed E-state index contributed by atoms with van der Waals surface area (Å²) in [6.07, 6.45) is 4.69. The molecular weight excluding hydrogens is 384 g/mol. The molecule has 0 atom stereocenters. The van der Waals surface area contributed by atoms with Gasteiger partial charge in [0.1, 0.15) is 5.65 Å². The van der Waals surface area contributed by atoms with Crippen molar-refractivity contribution in [1.82, 2.24) is 14.4 Å². The summed E-state index contributed by atoms with van der Waals surface area (Å²) in [5.74, 6) is 0.614. The maximum atomic E-state index is 10.9. The molecule has 4 aromatic rings. The van der Waals surface area contributed by atoms with E-state index in [1.807, 2.05) is 10.6 Å². The van der Waals surface area contributed by atoms with Crippen LogP contribution in [0.5, 0.6) is 0 Å². The monoisotopic (exact) mass is 404 g/mol. The van der Waals surface area contributed by atoms with E-state index in [1.165, 1.54) is 17.7 Å². The molecule has 2 aromatic heterocycles. The van der Waals surface area contributed by atoms with Crippen LogP contribution in [0.3, 0.4) is 0 Å². The van der Waals surface area contributed by atoms with Crippen molar-refractivity contribution in [2.24, 2.45) is 5.92 Å². The first-order chi connectivity index (χ1) is 13.9. The van der Waals surface area contributed by atoms with Gasteiger partial charge in [-0.3, -0.25) is 14.5 Å². The number of imidazole rings is 1. The van der Waals surface area contributed by atoms with Crippen LogP contribution in [0.1, 0.15) is 19.4 Å². The van der Waals surface area contributed by atoms with Gasteiger partial charge in [0, 0.05) is 30.1 Å². The molecule has 2 aromatic carbocycles. The predicted molar refractivity (Wildman–Crippen MR) is 116 cm³/mol. The molecule has 0 spiro atoms. The minimum atomic E-state index is -0.408. The Morgan fingerprint density at radius 1 is 1.10 bits per heavy atom. The Bertz CT molecular complexity index is 1240. The van der Waals surface area contributed by atoms with Crippen molar-refractivity contribution in [2.75, 3.05) is 0 Å². The highest BCUT2D eigenvalue weighted by Gasteiger charge is 2.12. The summed E-state index contributed by atoms with van der Waals surface area (Å²) >= 11 is 5.39. The average Bonchev–Trinajstić information content (AvgIpc) is 3.15. The molecule has 0 amide bonds. The van der Waals surface area contributed by atoms with Crippen LogP contribution in [0.2, 0.25) is 0 Å². The molecule has 0 radical (unpaired) electrons. The van der Waals surface area contributed by atoms with Crippen LogP contribution < -0.4 is 0 Å². The van der Waals surface area contributed by atoms with Crippen LogP contribution in [0.4, 0.5) is 5.69 Å². The zero-order valence-corrected chi connectivity index (χ0v) is 16.9. The zero-order valence-electron chi connectivity index (χ0n) is 16.1. The number of nitrogens with zero attached hydrogens (tertiary/aromatic N) is 3. The van der Waals surface area contributed by atoms with Crippen LogP contribution in [-0.2, 0) is 6.42 Å². The first kappa shape index (κ1) is 19.0. The second-order valence-electron chi connectivity index (χ2n) is 7.44. The number of nitro groups is 1. The van der Waals surface area contributed by atoms with E-state index in [1.54, 1.807) is 18.3 Å². The van der Waals surface area contributed by atoms with Gasteiger partial charge in [0.05, 0.1) is 10.6 Å². The number of H-pyrrole nitrogens is 1. The van der Waals surface area contributed by atoms with E-state index in [0.717, 1.165) is 34.5 Å². The Labute approximate surface area is 173 Å². The van der Waals surface area contributed by atoms with Crippen molar-refractivity contribution < 1.29 is 4.92 Å². The molecule has 0 unspecified atom stereocenters. The number of hydrogen-bond acceptors (Lipinski definition) is 4. The fourth-order valence-corrected chi connectivity index (χ4v) is 3.61. The molecule has 0 saturated heterocycles. The van der Waals surface area contributed by atoms with Crippen molar-refractivity contribution in [1.29, 1.82) is 0 Å². The lowest BCUT2D eigenvalue weighted by Gasteiger charge is -2.05. The summed E-state index contributed by atoms with van der Waals surface area (Å²) in [5, 5.41) is 10.9. The van der Waals surface area contributed by atoms with Gasteiger partial charge in [0.15, 0.2) is 0 Å². The van der Waals surface area contributed by atoms with E-state index >= 15 is 0 Å². The third-order valence-corrected chi connectivity index (χ3v) is 5.12. The molecule has 1 N–H and O–H groups in total. The minimum absolute atomic E-state index is 0.0548. The fraction of sp³-hybridized carbons (Fsp3) is 0.182. The molecule has 146 valence electrons. The first-order valence-electron chi connectivity index (χ1n) is 9.37. The Hall–Kier alpha value is -3.32. The maximum absolute atomic E-state index is 10.9. The molecule has 0 fully saturated rings. The Balaban J connectivity index is 1.77. The number of aromatic amines is 1. The number of non-ortho nitro benzene ring substituents is 1. The zero-order chi connectivity index (χ0) is 20.5. The topological polar surface area (TPSA) is 76.2 Å². The maximum Gasteiger partial charge on any atom is 0.269 e. The van der Waals surface area contributed by atoms with Gasteiger partial charge in [-0.05, 0) is 53.4 Å². The fourth-order valence-electron chi connectivity index (χ4n) is 3.42. The molecular formula is C22H20N4O2S. The number of nitro benzene ring substituents is 1. The van der Waals surface area contributed by atoms with Gasteiger partial charge in [-0.15, -0.1) is 0 Å². The molecule has 0 aliphatic heterocycles. The summed E-state index contributed by atoms with van der Waals surface area (Å²) < 4.78 is 2.29. The minimum Gasteiger partial charge on any atom is -0.339 e. The molecule has 7 heteroatoms. The molecule has 0 aliphatic rings. The van der Waals surface area contributed by atoms with E-state index < -0.39 is 4.92 Å².